The SMILES string of the molecule is [2H]c1c([2H])c(C([2H])([2H])N2CCOCC2)c([2H])c([2H])c1COc1cccc2c1CN(C1CCC(=O)NC1=O)C2=O. The minimum absolute atomic E-state index is 0.0459. The molecule has 0 spiro atoms. The lowest BCUT2D eigenvalue weighted by Gasteiger charge is -2.29. The molecule has 3 aliphatic rings. The van der Waals surface area contributed by atoms with Crippen molar-refractivity contribution in [2.45, 2.75) is 38.5 Å². The molecule has 0 bridgehead atoms. The molecule has 0 saturated carbocycles. The molecule has 172 valence electrons. The van der Waals surface area contributed by atoms with E-state index >= 15 is 0 Å². The van der Waals surface area contributed by atoms with Gasteiger partial charge in [0.1, 0.15) is 18.4 Å². The molecular formula is C25H27N3O5. The molecule has 3 heterocycles. The molecule has 2 aromatic carbocycles. The average Bonchev–Trinajstić information content (AvgIpc) is 3.24. The fraction of sp³-hybridized carbons (Fsp3) is 0.400. The number of morpholine rings is 1. The van der Waals surface area contributed by atoms with Crippen molar-refractivity contribution in [3.8, 4) is 5.75 Å². The molecule has 1 N–H and O–H groups in total. The highest BCUT2D eigenvalue weighted by atomic mass is 16.5. The molecule has 2 saturated heterocycles. The molecule has 8 nitrogen and oxygen atoms in total. The number of nitrogens with zero attached hydrogens (tertiary/aromatic N) is 2. The van der Waals surface area contributed by atoms with Gasteiger partial charge >= 0.3 is 0 Å². The number of rotatable bonds is 6. The normalized spacial score (nSPS) is 24.2. The second-order valence-electron chi connectivity index (χ2n) is 8.04. The van der Waals surface area contributed by atoms with Crippen molar-refractivity contribution in [3.05, 3.63) is 64.6 Å². The van der Waals surface area contributed by atoms with E-state index in [2.05, 4.69) is 5.32 Å². The Balaban J connectivity index is 1.40. The first kappa shape index (κ1) is 15.6. The second-order valence-corrected chi connectivity index (χ2v) is 8.04. The van der Waals surface area contributed by atoms with Crippen LogP contribution in [0.5, 0.6) is 5.75 Å². The zero-order valence-corrected chi connectivity index (χ0v) is 17.9. The Morgan fingerprint density at radius 2 is 1.88 bits per heavy atom. The van der Waals surface area contributed by atoms with Gasteiger partial charge in [0.05, 0.1) is 25.2 Å². The summed E-state index contributed by atoms with van der Waals surface area (Å²) >= 11 is 0. The number of imide groups is 1. The summed E-state index contributed by atoms with van der Waals surface area (Å²) in [5.74, 6) is -0.993. The summed E-state index contributed by atoms with van der Waals surface area (Å²) in [5, 5.41) is 2.26. The maximum Gasteiger partial charge on any atom is 0.255 e. The standard InChI is InChI=1S/C25H27N3O5/c29-23-9-8-21(24(30)26-23)28-15-20-19(25(28)31)2-1-3-22(20)33-16-18-6-4-17(5-7-18)14-27-10-12-32-13-11-27/h1-7,21H,8-16H2,(H,26,29,30)/i4D,5D,6D,7D,14D2. The van der Waals surface area contributed by atoms with Crippen LogP contribution in [-0.4, -0.2) is 59.9 Å². The summed E-state index contributed by atoms with van der Waals surface area (Å²) in [6, 6.07) is 2.26. The van der Waals surface area contributed by atoms with E-state index in [4.69, 9.17) is 17.7 Å². The molecule has 3 amide bonds. The van der Waals surface area contributed by atoms with Gasteiger partial charge in [0.25, 0.3) is 5.91 Å². The molecule has 5 rings (SSSR count). The summed E-state index contributed by atoms with van der Waals surface area (Å²) in [5.41, 5.74) is 0.471. The highest BCUT2D eigenvalue weighted by molar-refractivity contribution is 6.05. The van der Waals surface area contributed by atoms with E-state index in [1.165, 1.54) is 9.80 Å². The van der Waals surface area contributed by atoms with E-state index in [1.807, 2.05) is 0 Å². The largest absolute Gasteiger partial charge is 0.489 e. The van der Waals surface area contributed by atoms with Crippen LogP contribution in [-0.2, 0) is 34.0 Å². The van der Waals surface area contributed by atoms with Gasteiger partial charge in [0.15, 0.2) is 0 Å². The molecule has 2 aromatic rings. The third-order valence-corrected chi connectivity index (χ3v) is 5.87. The Labute approximate surface area is 200 Å². The highest BCUT2D eigenvalue weighted by Gasteiger charge is 2.40. The fourth-order valence-corrected chi connectivity index (χ4v) is 4.14. The van der Waals surface area contributed by atoms with Gasteiger partial charge in [0.2, 0.25) is 11.8 Å². The van der Waals surface area contributed by atoms with Crippen molar-refractivity contribution in [2.24, 2.45) is 0 Å². The number of carbonyl (C=O) groups excluding carboxylic acids is 3. The van der Waals surface area contributed by atoms with E-state index in [0.717, 1.165) is 0 Å². The Morgan fingerprint density at radius 3 is 2.64 bits per heavy atom. The monoisotopic (exact) mass is 455 g/mol. The first-order chi connectivity index (χ1) is 18.5. The lowest BCUT2D eigenvalue weighted by molar-refractivity contribution is -0.136. The lowest BCUT2D eigenvalue weighted by atomic mass is 10.0. The molecule has 1 atom stereocenters. The van der Waals surface area contributed by atoms with Crippen LogP contribution in [0.15, 0.2) is 42.4 Å². The topological polar surface area (TPSA) is 88.2 Å². The number of ether oxygens (including phenoxy) is 2. The van der Waals surface area contributed by atoms with Crippen LogP contribution in [0.4, 0.5) is 0 Å². The number of nitrogens with one attached hydrogen (secondary N) is 1. The Hall–Kier alpha value is -3.23. The van der Waals surface area contributed by atoms with Crippen LogP contribution >= 0.6 is 0 Å². The third-order valence-electron chi connectivity index (χ3n) is 5.87. The summed E-state index contributed by atoms with van der Waals surface area (Å²) in [7, 11) is 0. The van der Waals surface area contributed by atoms with Gasteiger partial charge in [0, 0.05) is 39.9 Å². The van der Waals surface area contributed by atoms with Crippen LogP contribution < -0.4 is 10.1 Å². The predicted octanol–water partition coefficient (Wildman–Crippen LogP) is 1.86. The van der Waals surface area contributed by atoms with Gasteiger partial charge in [-0.1, -0.05) is 30.2 Å². The summed E-state index contributed by atoms with van der Waals surface area (Å²) in [6.07, 6.45) is 0.344. The van der Waals surface area contributed by atoms with Crippen LogP contribution in [0.25, 0.3) is 0 Å². The number of hydrogen-bond donors (Lipinski definition) is 1. The Morgan fingerprint density at radius 1 is 1.12 bits per heavy atom. The third kappa shape index (κ3) is 4.62. The van der Waals surface area contributed by atoms with Crippen molar-refractivity contribution in [2.75, 3.05) is 26.3 Å². The van der Waals surface area contributed by atoms with Gasteiger partial charge in [-0.3, -0.25) is 24.6 Å². The highest BCUT2D eigenvalue weighted by Crippen LogP contribution is 2.34. The lowest BCUT2D eigenvalue weighted by Crippen LogP contribution is -2.52. The quantitative estimate of drug-likeness (QED) is 0.669. The first-order valence-corrected chi connectivity index (χ1v) is 10.8. The molecule has 1 unspecified atom stereocenters. The van der Waals surface area contributed by atoms with E-state index < -0.39 is 42.6 Å². The van der Waals surface area contributed by atoms with Crippen molar-refractivity contribution in [1.29, 1.82) is 0 Å². The number of piperidine rings is 1. The molecule has 3 aliphatic heterocycles. The molecule has 33 heavy (non-hydrogen) atoms. The smallest absolute Gasteiger partial charge is 0.255 e. The molecule has 0 aromatic heterocycles. The van der Waals surface area contributed by atoms with Crippen LogP contribution in [0.3, 0.4) is 0 Å². The number of hydrogen-bond acceptors (Lipinski definition) is 6. The maximum absolute atomic E-state index is 13.1. The average molecular weight is 456 g/mol. The van der Waals surface area contributed by atoms with E-state index in [0.29, 0.717) is 30.1 Å². The number of carbonyl (C=O) groups is 3. The predicted molar refractivity (Wildman–Crippen MR) is 119 cm³/mol. The molecule has 0 aliphatic carbocycles. The Kier molecular flexibility index (Phi) is 4.40. The van der Waals surface area contributed by atoms with Crippen molar-refractivity contribution < 1.29 is 32.1 Å². The summed E-state index contributed by atoms with van der Waals surface area (Å²) < 4.78 is 62.4. The van der Waals surface area contributed by atoms with Crippen LogP contribution in [0, 0.1) is 0 Å². The van der Waals surface area contributed by atoms with Gasteiger partial charge in [-0.25, -0.2) is 0 Å². The number of amides is 3. The van der Waals surface area contributed by atoms with Gasteiger partial charge in [-0.05, 0) is 29.7 Å². The van der Waals surface area contributed by atoms with Gasteiger partial charge in [-0.2, -0.15) is 0 Å². The van der Waals surface area contributed by atoms with Crippen molar-refractivity contribution in [1.82, 2.24) is 15.1 Å². The van der Waals surface area contributed by atoms with E-state index in [1.54, 1.807) is 18.2 Å². The van der Waals surface area contributed by atoms with Gasteiger partial charge < -0.3 is 14.4 Å². The maximum atomic E-state index is 13.1. The first-order valence-electron chi connectivity index (χ1n) is 13.8. The van der Waals surface area contributed by atoms with E-state index in [-0.39, 0.29) is 62.0 Å². The second kappa shape index (κ2) is 9.33. The van der Waals surface area contributed by atoms with Crippen molar-refractivity contribution in [3.63, 3.8) is 0 Å². The number of benzene rings is 2. The zero-order chi connectivity index (χ0) is 28.1. The molecule has 8 heteroatoms. The fourth-order valence-electron chi connectivity index (χ4n) is 4.14. The summed E-state index contributed by atoms with van der Waals surface area (Å²) in [4.78, 5) is 39.8. The van der Waals surface area contributed by atoms with E-state index in [9.17, 15) is 14.4 Å². The minimum atomic E-state index is -2.23. The zero-order valence-electron chi connectivity index (χ0n) is 23.9. The van der Waals surface area contributed by atoms with Crippen molar-refractivity contribution >= 4 is 17.7 Å². The Bertz CT molecular complexity index is 1340. The summed E-state index contributed by atoms with van der Waals surface area (Å²) in [6.45, 7) is -1.39. The van der Waals surface area contributed by atoms with Gasteiger partial charge in [-0.15, -0.1) is 0 Å². The molecular weight excluding hydrogens is 422 g/mol. The molecule has 2 fully saturated rings. The number of fused-ring (bicyclic) bond motifs is 1. The van der Waals surface area contributed by atoms with Crippen LogP contribution in [0.1, 0.15) is 48.1 Å². The van der Waals surface area contributed by atoms with Crippen LogP contribution in [0.2, 0.25) is 0 Å². The molecule has 0 radical (unpaired) electrons. The minimum Gasteiger partial charge on any atom is -0.489 e.